The Labute approximate surface area is 347 Å². The monoisotopic (exact) mass is 767 g/mol. The lowest BCUT2D eigenvalue weighted by molar-refractivity contribution is 0.630. The zero-order chi connectivity index (χ0) is 39.6. The van der Waals surface area contributed by atoms with Crippen molar-refractivity contribution in [3.8, 4) is 22.3 Å². The van der Waals surface area contributed by atoms with Gasteiger partial charge >= 0.3 is 0 Å². The summed E-state index contributed by atoms with van der Waals surface area (Å²) in [6.45, 7) is 0. The summed E-state index contributed by atoms with van der Waals surface area (Å²) in [6, 6.07) is 75.6. The molecule has 60 heavy (non-hydrogen) atoms. The Bertz CT molecular complexity index is 3290. The van der Waals surface area contributed by atoms with Crippen molar-refractivity contribution in [2.45, 2.75) is 11.6 Å². The third-order valence-corrected chi connectivity index (χ3v) is 12.4. The fourth-order valence-electron chi connectivity index (χ4n) is 9.79. The van der Waals surface area contributed by atoms with Gasteiger partial charge in [0.1, 0.15) is 17.0 Å². The summed E-state index contributed by atoms with van der Waals surface area (Å²) in [5.41, 5.74) is 13.6. The lowest BCUT2D eigenvalue weighted by atomic mass is 9.67. The van der Waals surface area contributed by atoms with Gasteiger partial charge in [-0.15, -0.1) is 0 Å². The van der Waals surface area contributed by atoms with E-state index in [2.05, 4.69) is 206 Å². The third kappa shape index (κ3) is 5.17. The second-order valence-electron chi connectivity index (χ2n) is 15.7. The fraction of sp³-hybridized carbons (Fsp3) is 0.0357. The Balaban J connectivity index is 1.10. The van der Waals surface area contributed by atoms with E-state index >= 15 is 0 Å². The number of para-hydroxylation sites is 1. The van der Waals surface area contributed by atoms with Gasteiger partial charge < -0.3 is 9.73 Å². The quantitative estimate of drug-likeness (QED) is 0.183. The van der Waals surface area contributed by atoms with Crippen LogP contribution in [0.3, 0.4) is 0 Å². The first-order valence-electron chi connectivity index (χ1n) is 20.5. The number of nitrogens with zero attached hydrogens (tertiary/aromatic N) is 2. The molecule has 4 nitrogen and oxygen atoms in total. The van der Waals surface area contributed by atoms with Gasteiger partial charge in [-0.05, 0) is 61.8 Å². The Morgan fingerprint density at radius 3 is 1.80 bits per heavy atom. The van der Waals surface area contributed by atoms with Crippen LogP contribution in [0.1, 0.15) is 45.1 Å². The van der Waals surface area contributed by atoms with Crippen molar-refractivity contribution in [2.24, 2.45) is 9.98 Å². The van der Waals surface area contributed by atoms with E-state index in [1.165, 1.54) is 33.4 Å². The number of nitrogens with one attached hydrogen (secondary N) is 1. The van der Waals surface area contributed by atoms with Crippen molar-refractivity contribution < 1.29 is 4.42 Å². The van der Waals surface area contributed by atoms with Crippen LogP contribution in [0.5, 0.6) is 0 Å². The maximum absolute atomic E-state index is 7.08. The number of benzene rings is 9. The summed E-state index contributed by atoms with van der Waals surface area (Å²) in [4.78, 5) is 10.9. The largest absolute Gasteiger partial charge is 0.455 e. The van der Waals surface area contributed by atoms with Gasteiger partial charge in [-0.25, -0.2) is 9.98 Å². The van der Waals surface area contributed by atoms with Crippen LogP contribution in [0.2, 0.25) is 0 Å². The normalized spacial score (nSPS) is 15.3. The molecule has 1 aliphatic carbocycles. The van der Waals surface area contributed by atoms with E-state index < -0.39 is 11.6 Å². The lowest BCUT2D eigenvalue weighted by Crippen LogP contribution is -2.34. The predicted molar refractivity (Wildman–Crippen MR) is 246 cm³/mol. The van der Waals surface area contributed by atoms with E-state index in [0.717, 1.165) is 66.4 Å². The smallest absolute Gasteiger partial charge is 0.159 e. The molecular weight excluding hydrogens is 731 g/mol. The van der Waals surface area contributed by atoms with Gasteiger partial charge in [0.05, 0.1) is 5.41 Å². The van der Waals surface area contributed by atoms with Crippen molar-refractivity contribution in [2.75, 3.05) is 0 Å². The standard InChI is InChI=1S/C56H37N3O/c1-5-18-36(19-6-1)43-29-17-30-46-50-42-27-14-13-22-38(42)34-47(52(50)60-51(43)46)55-58-53(37-20-7-2-8-21-37)57-54(59-55)39-32-33-45-44-28-15-16-31-48(44)56(49(45)35-39,40-23-9-3-10-24-40)41-25-11-4-12-26-41/h1-35,55H,(H,57,58,59). The number of amidine groups is 2. The molecule has 1 aliphatic heterocycles. The molecule has 1 N–H and O–H groups in total. The molecule has 9 aromatic carbocycles. The third-order valence-electron chi connectivity index (χ3n) is 12.4. The predicted octanol–water partition coefficient (Wildman–Crippen LogP) is 13.3. The lowest BCUT2D eigenvalue weighted by Gasteiger charge is -2.34. The molecule has 10 aromatic rings. The Kier molecular flexibility index (Phi) is 7.79. The summed E-state index contributed by atoms with van der Waals surface area (Å²) in [7, 11) is 0. The summed E-state index contributed by atoms with van der Waals surface area (Å²) in [6.07, 6.45) is -0.501. The highest BCUT2D eigenvalue weighted by atomic mass is 16.3. The summed E-state index contributed by atoms with van der Waals surface area (Å²) >= 11 is 0. The molecule has 12 rings (SSSR count). The molecule has 2 heterocycles. The number of hydrogen-bond donors (Lipinski definition) is 1. The fourth-order valence-corrected chi connectivity index (χ4v) is 9.79. The minimum absolute atomic E-state index is 0.501. The van der Waals surface area contributed by atoms with Crippen molar-refractivity contribution in [1.29, 1.82) is 0 Å². The topological polar surface area (TPSA) is 49.9 Å². The molecule has 0 fully saturated rings. The molecule has 0 radical (unpaired) electrons. The van der Waals surface area contributed by atoms with Crippen LogP contribution < -0.4 is 5.32 Å². The number of furan rings is 1. The number of rotatable bonds is 6. The van der Waals surface area contributed by atoms with Gasteiger partial charge in [-0.2, -0.15) is 0 Å². The first kappa shape index (κ1) is 34.2. The minimum Gasteiger partial charge on any atom is -0.455 e. The van der Waals surface area contributed by atoms with Gasteiger partial charge in [0, 0.05) is 33.0 Å². The van der Waals surface area contributed by atoms with Crippen LogP contribution in [-0.2, 0) is 5.41 Å². The second-order valence-corrected chi connectivity index (χ2v) is 15.7. The van der Waals surface area contributed by atoms with Gasteiger partial charge in [-0.3, -0.25) is 0 Å². The molecule has 0 spiro atoms. The van der Waals surface area contributed by atoms with Crippen molar-refractivity contribution in [3.63, 3.8) is 0 Å². The van der Waals surface area contributed by atoms with Crippen molar-refractivity contribution in [3.05, 3.63) is 251 Å². The highest BCUT2D eigenvalue weighted by Gasteiger charge is 2.46. The molecule has 1 atom stereocenters. The van der Waals surface area contributed by atoms with E-state index in [0.29, 0.717) is 5.84 Å². The number of hydrogen-bond acceptors (Lipinski definition) is 4. The van der Waals surface area contributed by atoms with Crippen LogP contribution in [0.25, 0.3) is 55.0 Å². The van der Waals surface area contributed by atoms with E-state index in [9.17, 15) is 0 Å². The molecular formula is C56H37N3O. The molecule has 0 bridgehead atoms. The van der Waals surface area contributed by atoms with E-state index in [4.69, 9.17) is 14.4 Å². The van der Waals surface area contributed by atoms with Crippen LogP contribution in [0.15, 0.2) is 227 Å². The molecule has 0 amide bonds. The van der Waals surface area contributed by atoms with Crippen LogP contribution in [0.4, 0.5) is 0 Å². The Hall–Kier alpha value is -7.82. The van der Waals surface area contributed by atoms with Gasteiger partial charge in [-0.1, -0.05) is 200 Å². The van der Waals surface area contributed by atoms with Gasteiger partial charge in [0.2, 0.25) is 0 Å². The molecule has 1 aromatic heterocycles. The maximum atomic E-state index is 7.08. The Morgan fingerprint density at radius 2 is 1.05 bits per heavy atom. The van der Waals surface area contributed by atoms with Crippen LogP contribution in [0, 0.1) is 0 Å². The summed E-state index contributed by atoms with van der Waals surface area (Å²) in [5.74, 6) is 1.42. The zero-order valence-electron chi connectivity index (χ0n) is 32.6. The van der Waals surface area contributed by atoms with E-state index in [1.54, 1.807) is 0 Å². The van der Waals surface area contributed by atoms with Crippen molar-refractivity contribution >= 4 is 44.4 Å². The van der Waals surface area contributed by atoms with Gasteiger partial charge in [0.25, 0.3) is 0 Å². The summed E-state index contributed by atoms with van der Waals surface area (Å²) < 4.78 is 7.08. The van der Waals surface area contributed by atoms with E-state index in [-0.39, 0.29) is 0 Å². The average molecular weight is 768 g/mol. The highest BCUT2D eigenvalue weighted by molar-refractivity contribution is 6.22. The van der Waals surface area contributed by atoms with Crippen molar-refractivity contribution in [1.82, 2.24) is 5.32 Å². The molecule has 0 saturated carbocycles. The first-order valence-corrected chi connectivity index (χ1v) is 20.5. The van der Waals surface area contributed by atoms with Crippen LogP contribution in [-0.4, -0.2) is 11.7 Å². The van der Waals surface area contributed by atoms with E-state index in [1.807, 2.05) is 12.1 Å². The SMILES string of the molecule is c1ccc(C2=NC(c3ccc4c(c3)C(c3ccccc3)(c3ccccc3)c3ccccc3-4)=NC(c3cc4ccccc4c4c3oc3c(-c5ccccc5)cccc34)N2)cc1. The number of fused-ring (bicyclic) bond motifs is 8. The minimum atomic E-state index is -0.543. The maximum Gasteiger partial charge on any atom is 0.159 e. The first-order chi connectivity index (χ1) is 29.8. The zero-order valence-corrected chi connectivity index (χ0v) is 32.6. The molecule has 1 unspecified atom stereocenters. The molecule has 0 saturated heterocycles. The van der Waals surface area contributed by atoms with Crippen LogP contribution >= 0.6 is 0 Å². The molecule has 2 aliphatic rings. The molecule has 4 heteroatoms. The van der Waals surface area contributed by atoms with Gasteiger partial charge in [0.15, 0.2) is 12.0 Å². The summed E-state index contributed by atoms with van der Waals surface area (Å²) in [5, 5.41) is 8.21. The second kappa shape index (κ2) is 13.6. The highest BCUT2D eigenvalue weighted by Crippen LogP contribution is 2.56. The number of aliphatic imine (C=N–C) groups is 2. The average Bonchev–Trinajstić information content (AvgIpc) is 3.87. The Morgan fingerprint density at radius 1 is 0.450 bits per heavy atom. The molecule has 282 valence electrons.